The zero-order chi connectivity index (χ0) is 9.31. The van der Waals surface area contributed by atoms with Crippen molar-refractivity contribution in [2.24, 2.45) is 11.8 Å². The Bertz CT molecular complexity index is 162. The molecular formula is C12H23N. The summed E-state index contributed by atoms with van der Waals surface area (Å²) in [6.45, 7) is 6.06. The van der Waals surface area contributed by atoms with Crippen LogP contribution in [-0.2, 0) is 0 Å². The summed E-state index contributed by atoms with van der Waals surface area (Å²) in [6, 6.07) is 0. The molecule has 1 aliphatic heterocycles. The van der Waals surface area contributed by atoms with E-state index < -0.39 is 0 Å². The molecule has 1 atom stereocenters. The van der Waals surface area contributed by atoms with Crippen LogP contribution in [0.5, 0.6) is 0 Å². The van der Waals surface area contributed by atoms with Gasteiger partial charge in [-0.25, -0.2) is 0 Å². The van der Waals surface area contributed by atoms with E-state index in [4.69, 9.17) is 0 Å². The lowest BCUT2D eigenvalue weighted by Crippen LogP contribution is -2.50. The van der Waals surface area contributed by atoms with Crippen molar-refractivity contribution >= 4 is 0 Å². The first kappa shape index (κ1) is 9.51. The Morgan fingerprint density at radius 1 is 1.15 bits per heavy atom. The van der Waals surface area contributed by atoms with Crippen molar-refractivity contribution in [2.75, 3.05) is 6.54 Å². The molecule has 2 aliphatic rings. The van der Waals surface area contributed by atoms with Crippen molar-refractivity contribution in [3.63, 3.8) is 0 Å². The second-order valence-corrected chi connectivity index (χ2v) is 5.21. The molecule has 1 N–H and O–H groups in total. The maximum atomic E-state index is 3.81. The minimum Gasteiger partial charge on any atom is -0.311 e. The van der Waals surface area contributed by atoms with E-state index in [1.165, 1.54) is 45.1 Å². The highest BCUT2D eigenvalue weighted by molar-refractivity contribution is 5.01. The van der Waals surface area contributed by atoms with E-state index in [1.54, 1.807) is 0 Å². The van der Waals surface area contributed by atoms with Crippen LogP contribution in [0.2, 0.25) is 0 Å². The third kappa shape index (κ3) is 1.52. The van der Waals surface area contributed by atoms with Gasteiger partial charge < -0.3 is 5.32 Å². The average Bonchev–Trinajstić information content (AvgIpc) is 2.75. The largest absolute Gasteiger partial charge is 0.311 e. The van der Waals surface area contributed by atoms with Gasteiger partial charge in [-0.2, -0.15) is 0 Å². The molecule has 2 rings (SSSR count). The predicted octanol–water partition coefficient (Wildman–Crippen LogP) is 2.95. The van der Waals surface area contributed by atoms with Crippen molar-refractivity contribution < 1.29 is 0 Å². The molecule has 1 unspecified atom stereocenters. The Morgan fingerprint density at radius 3 is 2.31 bits per heavy atom. The minimum absolute atomic E-state index is 0.524. The van der Waals surface area contributed by atoms with E-state index >= 15 is 0 Å². The zero-order valence-electron chi connectivity index (χ0n) is 9.10. The van der Waals surface area contributed by atoms with E-state index in [9.17, 15) is 0 Å². The van der Waals surface area contributed by atoms with Crippen LogP contribution in [0.4, 0.5) is 0 Å². The molecule has 1 saturated heterocycles. The molecule has 1 heterocycles. The molecule has 76 valence electrons. The highest BCUT2D eigenvalue weighted by Crippen LogP contribution is 2.43. The van der Waals surface area contributed by atoms with Gasteiger partial charge in [0.2, 0.25) is 0 Å². The summed E-state index contributed by atoms with van der Waals surface area (Å²) >= 11 is 0. The molecular weight excluding hydrogens is 158 g/mol. The van der Waals surface area contributed by atoms with Gasteiger partial charge in [-0.1, -0.05) is 26.7 Å². The van der Waals surface area contributed by atoms with Crippen LogP contribution in [0.3, 0.4) is 0 Å². The van der Waals surface area contributed by atoms with E-state index in [1.807, 2.05) is 0 Å². The summed E-state index contributed by atoms with van der Waals surface area (Å²) in [7, 11) is 0. The molecule has 1 nitrogen and oxygen atoms in total. The van der Waals surface area contributed by atoms with Gasteiger partial charge in [0.1, 0.15) is 0 Å². The Labute approximate surface area is 82.3 Å². The van der Waals surface area contributed by atoms with Crippen molar-refractivity contribution in [2.45, 2.75) is 57.9 Å². The number of hydrogen-bond donors (Lipinski definition) is 1. The summed E-state index contributed by atoms with van der Waals surface area (Å²) < 4.78 is 0. The number of nitrogens with one attached hydrogen (secondary N) is 1. The maximum absolute atomic E-state index is 3.81. The third-order valence-electron chi connectivity index (χ3n) is 4.34. The Morgan fingerprint density at radius 2 is 1.85 bits per heavy atom. The smallest absolute Gasteiger partial charge is 0.0233 e. The van der Waals surface area contributed by atoms with Crippen molar-refractivity contribution in [3.8, 4) is 0 Å². The monoisotopic (exact) mass is 181 g/mol. The van der Waals surface area contributed by atoms with Gasteiger partial charge in [0.05, 0.1) is 0 Å². The van der Waals surface area contributed by atoms with E-state index in [0.29, 0.717) is 5.54 Å². The van der Waals surface area contributed by atoms with Gasteiger partial charge in [0.15, 0.2) is 0 Å². The van der Waals surface area contributed by atoms with Gasteiger partial charge in [-0.15, -0.1) is 0 Å². The maximum Gasteiger partial charge on any atom is 0.0233 e. The normalized spacial score (nSPS) is 36.2. The predicted molar refractivity (Wildman–Crippen MR) is 56.8 cm³/mol. The lowest BCUT2D eigenvalue weighted by atomic mass is 9.73. The van der Waals surface area contributed by atoms with Crippen LogP contribution < -0.4 is 5.32 Å². The topological polar surface area (TPSA) is 12.0 Å². The first-order chi connectivity index (χ1) is 6.26. The van der Waals surface area contributed by atoms with Gasteiger partial charge in [-0.05, 0) is 44.1 Å². The summed E-state index contributed by atoms with van der Waals surface area (Å²) in [5, 5.41) is 3.81. The Balaban J connectivity index is 2.11. The van der Waals surface area contributed by atoms with E-state index in [2.05, 4.69) is 19.2 Å². The second kappa shape index (κ2) is 3.61. The lowest BCUT2D eigenvalue weighted by Gasteiger charge is -2.40. The van der Waals surface area contributed by atoms with Crippen LogP contribution in [-0.4, -0.2) is 12.1 Å². The molecule has 13 heavy (non-hydrogen) atoms. The Hall–Kier alpha value is -0.0400. The highest BCUT2D eigenvalue weighted by atomic mass is 15.0. The second-order valence-electron chi connectivity index (χ2n) is 5.21. The summed E-state index contributed by atoms with van der Waals surface area (Å²) in [5.74, 6) is 1.80. The van der Waals surface area contributed by atoms with Gasteiger partial charge in [0, 0.05) is 5.54 Å². The van der Waals surface area contributed by atoms with Crippen molar-refractivity contribution in [1.82, 2.24) is 5.32 Å². The fourth-order valence-corrected chi connectivity index (χ4v) is 3.54. The first-order valence-electron chi connectivity index (χ1n) is 6.01. The molecule has 1 heteroatoms. The fourth-order valence-electron chi connectivity index (χ4n) is 3.54. The number of hydrogen-bond acceptors (Lipinski definition) is 1. The molecule has 0 spiro atoms. The standard InChI is InChI=1S/C12H23N/c1-10(2)12(8-5-9-13-12)11-6-3-4-7-11/h10-11,13H,3-9H2,1-2H3. The number of rotatable bonds is 2. The highest BCUT2D eigenvalue weighted by Gasteiger charge is 2.43. The van der Waals surface area contributed by atoms with Crippen LogP contribution >= 0.6 is 0 Å². The summed E-state index contributed by atoms with van der Waals surface area (Å²) in [6.07, 6.45) is 8.72. The summed E-state index contributed by atoms with van der Waals surface area (Å²) in [5.41, 5.74) is 0.524. The average molecular weight is 181 g/mol. The fraction of sp³-hybridized carbons (Fsp3) is 1.00. The molecule has 0 radical (unpaired) electrons. The van der Waals surface area contributed by atoms with Crippen LogP contribution in [0.1, 0.15) is 52.4 Å². The van der Waals surface area contributed by atoms with Crippen LogP contribution in [0.15, 0.2) is 0 Å². The molecule has 1 aliphatic carbocycles. The molecule has 1 saturated carbocycles. The van der Waals surface area contributed by atoms with E-state index in [0.717, 1.165) is 11.8 Å². The van der Waals surface area contributed by atoms with Gasteiger partial charge in [-0.3, -0.25) is 0 Å². The molecule has 0 aromatic rings. The Kier molecular flexibility index (Phi) is 2.64. The molecule has 0 aromatic carbocycles. The minimum atomic E-state index is 0.524. The molecule has 2 fully saturated rings. The van der Waals surface area contributed by atoms with Crippen LogP contribution in [0.25, 0.3) is 0 Å². The lowest BCUT2D eigenvalue weighted by molar-refractivity contribution is 0.170. The van der Waals surface area contributed by atoms with Crippen molar-refractivity contribution in [3.05, 3.63) is 0 Å². The van der Waals surface area contributed by atoms with Crippen LogP contribution in [0, 0.1) is 11.8 Å². The van der Waals surface area contributed by atoms with Gasteiger partial charge >= 0.3 is 0 Å². The van der Waals surface area contributed by atoms with E-state index in [-0.39, 0.29) is 0 Å². The quantitative estimate of drug-likeness (QED) is 0.690. The zero-order valence-corrected chi connectivity index (χ0v) is 9.10. The molecule has 0 aromatic heterocycles. The third-order valence-corrected chi connectivity index (χ3v) is 4.34. The van der Waals surface area contributed by atoms with Gasteiger partial charge in [0.25, 0.3) is 0 Å². The molecule has 0 amide bonds. The van der Waals surface area contributed by atoms with Crippen molar-refractivity contribution in [1.29, 1.82) is 0 Å². The summed E-state index contributed by atoms with van der Waals surface area (Å²) in [4.78, 5) is 0. The SMILES string of the molecule is CC(C)C1(C2CCCC2)CCCN1. The first-order valence-corrected chi connectivity index (χ1v) is 6.01. The molecule has 0 bridgehead atoms.